The van der Waals surface area contributed by atoms with Gasteiger partial charge in [0, 0.05) is 25.7 Å². The highest BCUT2D eigenvalue weighted by atomic mass is 127. The van der Waals surface area contributed by atoms with Gasteiger partial charge in [-0.25, -0.2) is 0 Å². The van der Waals surface area contributed by atoms with Crippen molar-refractivity contribution in [3.8, 4) is 5.75 Å². The fraction of sp³-hybridized carbons (Fsp3) is 0.533. The number of guanidine groups is 1. The zero-order valence-corrected chi connectivity index (χ0v) is 18.7. The number of benzene rings is 1. The van der Waals surface area contributed by atoms with Gasteiger partial charge in [0.25, 0.3) is 0 Å². The molecule has 0 amide bonds. The van der Waals surface area contributed by atoms with Crippen molar-refractivity contribution in [2.75, 3.05) is 53.7 Å². The summed E-state index contributed by atoms with van der Waals surface area (Å²) in [5, 5.41) is 7.46. The van der Waals surface area contributed by atoms with E-state index >= 15 is 0 Å². The standard InChI is InChI=1S/C15H22Cl3N3O3.HI/c1-19-15(20-3-5-23-8-7-22-2)21-4-6-24-14-12(17)9-11(16)10-13(14)18;/h9-10H,3-8H2,1-2H3,(H2,19,20,21);1H. The second-order valence-corrected chi connectivity index (χ2v) is 5.83. The van der Waals surface area contributed by atoms with Crippen molar-refractivity contribution in [2.24, 2.45) is 4.99 Å². The normalized spacial score (nSPS) is 11.0. The molecule has 0 atom stereocenters. The van der Waals surface area contributed by atoms with E-state index < -0.39 is 0 Å². The Balaban J connectivity index is 0.00000576. The molecule has 10 heteroatoms. The van der Waals surface area contributed by atoms with Crippen molar-refractivity contribution in [3.05, 3.63) is 27.2 Å². The third kappa shape index (κ3) is 10.5. The Bertz CT molecular complexity index is 513. The minimum atomic E-state index is 0. The highest BCUT2D eigenvalue weighted by Crippen LogP contribution is 2.35. The number of nitrogens with zero attached hydrogens (tertiary/aromatic N) is 1. The lowest BCUT2D eigenvalue weighted by Crippen LogP contribution is -2.40. The average molecular weight is 527 g/mol. The van der Waals surface area contributed by atoms with Gasteiger partial charge in [0.1, 0.15) is 6.61 Å². The van der Waals surface area contributed by atoms with Gasteiger partial charge >= 0.3 is 0 Å². The van der Waals surface area contributed by atoms with Crippen molar-refractivity contribution >= 4 is 64.7 Å². The third-order valence-corrected chi connectivity index (χ3v) is 3.58. The Morgan fingerprint density at radius 2 is 1.60 bits per heavy atom. The van der Waals surface area contributed by atoms with E-state index in [1.54, 1.807) is 26.3 Å². The molecule has 2 N–H and O–H groups in total. The molecule has 0 fully saturated rings. The van der Waals surface area contributed by atoms with E-state index in [0.717, 1.165) is 0 Å². The van der Waals surface area contributed by atoms with Crippen LogP contribution >= 0.6 is 58.8 Å². The van der Waals surface area contributed by atoms with E-state index in [0.29, 0.717) is 66.3 Å². The molecule has 0 unspecified atom stereocenters. The molecule has 0 aliphatic rings. The minimum absolute atomic E-state index is 0. The Kier molecular flexibility index (Phi) is 14.8. The molecule has 1 rings (SSSR count). The van der Waals surface area contributed by atoms with Gasteiger partial charge in [0.15, 0.2) is 11.7 Å². The van der Waals surface area contributed by atoms with E-state index in [2.05, 4.69) is 15.6 Å². The topological polar surface area (TPSA) is 64.1 Å². The summed E-state index contributed by atoms with van der Waals surface area (Å²) >= 11 is 18.0. The third-order valence-electron chi connectivity index (χ3n) is 2.80. The van der Waals surface area contributed by atoms with E-state index in [-0.39, 0.29) is 24.0 Å². The largest absolute Gasteiger partial charge is 0.489 e. The zero-order valence-electron chi connectivity index (χ0n) is 14.1. The summed E-state index contributed by atoms with van der Waals surface area (Å²) in [7, 11) is 3.33. The molecule has 0 aromatic heterocycles. The lowest BCUT2D eigenvalue weighted by Gasteiger charge is -2.14. The van der Waals surface area contributed by atoms with Gasteiger partial charge in [-0.1, -0.05) is 34.8 Å². The van der Waals surface area contributed by atoms with Gasteiger partial charge < -0.3 is 24.8 Å². The number of hydrogen-bond acceptors (Lipinski definition) is 4. The predicted molar refractivity (Wildman–Crippen MR) is 114 cm³/mol. The number of methoxy groups -OCH3 is 1. The molecule has 1 aromatic rings. The molecule has 0 saturated carbocycles. The van der Waals surface area contributed by atoms with Crippen LogP contribution in [0.1, 0.15) is 0 Å². The lowest BCUT2D eigenvalue weighted by atomic mass is 10.3. The molecule has 0 aliphatic heterocycles. The Hall–Kier alpha value is -0.190. The van der Waals surface area contributed by atoms with E-state index in [1.807, 2.05) is 0 Å². The average Bonchev–Trinajstić information content (AvgIpc) is 2.54. The van der Waals surface area contributed by atoms with Crippen LogP contribution in [-0.2, 0) is 9.47 Å². The Morgan fingerprint density at radius 3 is 2.16 bits per heavy atom. The first-order valence-electron chi connectivity index (χ1n) is 7.37. The zero-order chi connectivity index (χ0) is 17.8. The maximum atomic E-state index is 6.05. The maximum absolute atomic E-state index is 6.05. The molecular weight excluding hydrogens is 503 g/mol. The van der Waals surface area contributed by atoms with Crippen LogP contribution in [-0.4, -0.2) is 59.6 Å². The lowest BCUT2D eigenvalue weighted by molar-refractivity contribution is 0.0733. The first-order chi connectivity index (χ1) is 11.6. The fourth-order valence-electron chi connectivity index (χ4n) is 1.70. The number of rotatable bonds is 10. The summed E-state index contributed by atoms with van der Waals surface area (Å²) in [5.41, 5.74) is 0. The van der Waals surface area contributed by atoms with E-state index in [4.69, 9.17) is 49.0 Å². The van der Waals surface area contributed by atoms with Crippen LogP contribution in [0.5, 0.6) is 5.75 Å². The van der Waals surface area contributed by atoms with Gasteiger partial charge in [-0.3, -0.25) is 4.99 Å². The number of halogens is 4. The van der Waals surface area contributed by atoms with Crippen LogP contribution in [0.4, 0.5) is 0 Å². The van der Waals surface area contributed by atoms with Crippen molar-refractivity contribution in [3.63, 3.8) is 0 Å². The van der Waals surface area contributed by atoms with Crippen LogP contribution in [0.3, 0.4) is 0 Å². The highest BCUT2D eigenvalue weighted by Gasteiger charge is 2.09. The molecule has 0 radical (unpaired) electrons. The van der Waals surface area contributed by atoms with Gasteiger partial charge in [0.2, 0.25) is 0 Å². The van der Waals surface area contributed by atoms with Crippen molar-refractivity contribution in [1.82, 2.24) is 10.6 Å². The Labute approximate surface area is 180 Å². The predicted octanol–water partition coefficient (Wildman–Crippen LogP) is 3.47. The van der Waals surface area contributed by atoms with Gasteiger partial charge in [-0.15, -0.1) is 24.0 Å². The number of nitrogens with one attached hydrogen (secondary N) is 2. The van der Waals surface area contributed by atoms with Crippen LogP contribution in [0.15, 0.2) is 17.1 Å². The molecule has 0 spiro atoms. The molecule has 144 valence electrons. The molecule has 0 heterocycles. The first-order valence-corrected chi connectivity index (χ1v) is 8.50. The molecule has 1 aromatic carbocycles. The number of aliphatic imine (C=N–C) groups is 1. The van der Waals surface area contributed by atoms with Crippen LogP contribution in [0, 0.1) is 0 Å². The highest BCUT2D eigenvalue weighted by molar-refractivity contribution is 14.0. The summed E-state index contributed by atoms with van der Waals surface area (Å²) in [5.74, 6) is 1.07. The van der Waals surface area contributed by atoms with Crippen LogP contribution in [0.2, 0.25) is 15.1 Å². The smallest absolute Gasteiger partial charge is 0.191 e. The van der Waals surface area contributed by atoms with Gasteiger partial charge in [0.05, 0.1) is 36.4 Å². The molecule has 25 heavy (non-hydrogen) atoms. The molecule has 6 nitrogen and oxygen atoms in total. The van der Waals surface area contributed by atoms with E-state index in [9.17, 15) is 0 Å². The van der Waals surface area contributed by atoms with Crippen LogP contribution < -0.4 is 15.4 Å². The molecular formula is C15H23Cl3IN3O3. The van der Waals surface area contributed by atoms with Crippen molar-refractivity contribution in [1.29, 1.82) is 0 Å². The number of ether oxygens (including phenoxy) is 3. The van der Waals surface area contributed by atoms with Crippen molar-refractivity contribution < 1.29 is 14.2 Å². The number of hydrogen-bond donors (Lipinski definition) is 2. The summed E-state index contributed by atoms with van der Waals surface area (Å²) < 4.78 is 15.8. The summed E-state index contributed by atoms with van der Waals surface area (Å²) in [4.78, 5) is 4.10. The molecule has 0 bridgehead atoms. The van der Waals surface area contributed by atoms with E-state index in [1.165, 1.54) is 0 Å². The summed E-state index contributed by atoms with van der Waals surface area (Å²) in [6, 6.07) is 3.17. The second kappa shape index (κ2) is 14.9. The summed E-state index contributed by atoms with van der Waals surface area (Å²) in [6.45, 7) is 3.25. The van der Waals surface area contributed by atoms with Gasteiger partial charge in [-0.05, 0) is 12.1 Å². The first kappa shape index (κ1) is 24.8. The SMILES string of the molecule is CN=C(NCCOCCOC)NCCOc1c(Cl)cc(Cl)cc1Cl.I. The fourth-order valence-corrected chi connectivity index (χ4v) is 2.62. The maximum Gasteiger partial charge on any atom is 0.191 e. The summed E-state index contributed by atoms with van der Waals surface area (Å²) in [6.07, 6.45) is 0. The monoisotopic (exact) mass is 525 g/mol. The molecule has 0 aliphatic carbocycles. The molecule has 0 saturated heterocycles. The van der Waals surface area contributed by atoms with Crippen molar-refractivity contribution in [2.45, 2.75) is 0 Å². The minimum Gasteiger partial charge on any atom is -0.489 e. The quantitative estimate of drug-likeness (QED) is 0.212. The van der Waals surface area contributed by atoms with Gasteiger partial charge in [-0.2, -0.15) is 0 Å². The second-order valence-electron chi connectivity index (χ2n) is 4.58. The van der Waals surface area contributed by atoms with Crippen LogP contribution in [0.25, 0.3) is 0 Å². The Morgan fingerprint density at radius 1 is 1.00 bits per heavy atom.